The van der Waals surface area contributed by atoms with Crippen LogP contribution in [0.1, 0.15) is 30.7 Å². The standard InChI is InChI=1S/C19H31N5O3S/c1-2-27-19(25)24-7-5-15(6-8-24)22-18(20)21-14-16(17-4-3-13-28-17)23-9-11-26-12-10-23/h3-4,13,15-16H,2,5-12,14H2,1H3,(H3,20,21,22). The molecule has 1 atom stereocenters. The van der Waals surface area contributed by atoms with Crippen LogP contribution in [0.15, 0.2) is 22.5 Å². The number of aliphatic imine (C=N–C) groups is 1. The Hall–Kier alpha value is -1.84. The molecule has 1 unspecified atom stereocenters. The molecule has 3 rings (SSSR count). The molecule has 3 N–H and O–H groups in total. The highest BCUT2D eigenvalue weighted by Crippen LogP contribution is 2.26. The molecular weight excluding hydrogens is 378 g/mol. The van der Waals surface area contributed by atoms with Crippen molar-refractivity contribution in [3.63, 3.8) is 0 Å². The maximum absolute atomic E-state index is 11.8. The highest BCUT2D eigenvalue weighted by Gasteiger charge is 2.25. The topological polar surface area (TPSA) is 92.4 Å². The Labute approximate surface area is 170 Å². The summed E-state index contributed by atoms with van der Waals surface area (Å²) in [6.07, 6.45) is 1.45. The van der Waals surface area contributed by atoms with Crippen molar-refractivity contribution in [3.8, 4) is 0 Å². The summed E-state index contributed by atoms with van der Waals surface area (Å²) in [5, 5.41) is 5.43. The monoisotopic (exact) mass is 409 g/mol. The highest BCUT2D eigenvalue weighted by molar-refractivity contribution is 7.10. The summed E-state index contributed by atoms with van der Waals surface area (Å²) >= 11 is 1.76. The van der Waals surface area contributed by atoms with Crippen molar-refractivity contribution in [2.45, 2.75) is 31.8 Å². The van der Waals surface area contributed by atoms with Gasteiger partial charge in [-0.05, 0) is 31.2 Å². The van der Waals surface area contributed by atoms with Crippen molar-refractivity contribution in [3.05, 3.63) is 22.4 Å². The number of piperidine rings is 1. The SMILES string of the molecule is CCOC(=O)N1CCC(NC(N)=NCC(c2cccs2)N2CCOCC2)CC1. The van der Waals surface area contributed by atoms with E-state index in [9.17, 15) is 4.79 Å². The zero-order valence-electron chi connectivity index (χ0n) is 16.5. The second-order valence-electron chi connectivity index (χ2n) is 7.01. The van der Waals surface area contributed by atoms with E-state index in [2.05, 4.69) is 32.7 Å². The molecule has 28 heavy (non-hydrogen) atoms. The number of morpholine rings is 1. The summed E-state index contributed by atoms with van der Waals surface area (Å²) in [4.78, 5) is 21.9. The molecule has 2 saturated heterocycles. The van der Waals surface area contributed by atoms with E-state index in [1.807, 2.05) is 6.92 Å². The van der Waals surface area contributed by atoms with Crippen LogP contribution >= 0.6 is 11.3 Å². The van der Waals surface area contributed by atoms with Gasteiger partial charge in [0.05, 0.1) is 32.4 Å². The molecule has 1 amide bonds. The van der Waals surface area contributed by atoms with E-state index in [0.717, 1.165) is 39.1 Å². The quantitative estimate of drug-likeness (QED) is 0.548. The smallest absolute Gasteiger partial charge is 0.409 e. The lowest BCUT2D eigenvalue weighted by Crippen LogP contribution is -2.48. The minimum Gasteiger partial charge on any atom is -0.450 e. The molecule has 8 nitrogen and oxygen atoms in total. The molecule has 0 aliphatic carbocycles. The number of carbonyl (C=O) groups excluding carboxylic acids is 1. The van der Waals surface area contributed by atoms with Gasteiger partial charge in [-0.3, -0.25) is 9.89 Å². The van der Waals surface area contributed by atoms with Gasteiger partial charge in [-0.2, -0.15) is 0 Å². The van der Waals surface area contributed by atoms with Gasteiger partial charge < -0.3 is 25.4 Å². The van der Waals surface area contributed by atoms with Gasteiger partial charge in [0.1, 0.15) is 0 Å². The summed E-state index contributed by atoms with van der Waals surface area (Å²) in [7, 11) is 0. The average Bonchev–Trinajstić information content (AvgIpc) is 3.24. The lowest BCUT2D eigenvalue weighted by atomic mass is 10.1. The molecular formula is C19H31N5O3S. The molecule has 2 fully saturated rings. The Morgan fingerprint density at radius 3 is 2.79 bits per heavy atom. The first-order chi connectivity index (χ1) is 13.7. The fourth-order valence-corrected chi connectivity index (χ4v) is 4.47. The van der Waals surface area contributed by atoms with Gasteiger partial charge in [0.2, 0.25) is 0 Å². The summed E-state index contributed by atoms with van der Waals surface area (Å²) in [6, 6.07) is 4.71. The number of nitrogens with two attached hydrogens (primary N) is 1. The number of nitrogens with zero attached hydrogens (tertiary/aromatic N) is 3. The summed E-state index contributed by atoms with van der Waals surface area (Å²) in [6.45, 7) is 7.56. The maximum atomic E-state index is 11.8. The van der Waals surface area contributed by atoms with E-state index in [0.29, 0.717) is 32.2 Å². The Bertz CT molecular complexity index is 626. The van der Waals surface area contributed by atoms with E-state index in [4.69, 9.17) is 15.2 Å². The largest absolute Gasteiger partial charge is 0.450 e. The number of rotatable bonds is 6. The summed E-state index contributed by atoms with van der Waals surface area (Å²) in [5.74, 6) is 0.476. The molecule has 0 aromatic carbocycles. The molecule has 1 aromatic heterocycles. The number of ether oxygens (including phenoxy) is 2. The Kier molecular flexibility index (Phi) is 7.93. The number of thiophene rings is 1. The molecule has 2 aliphatic heterocycles. The Morgan fingerprint density at radius 1 is 1.39 bits per heavy atom. The van der Waals surface area contributed by atoms with Crippen LogP contribution in [-0.2, 0) is 9.47 Å². The van der Waals surface area contributed by atoms with E-state index in [1.54, 1.807) is 16.2 Å². The normalized spacial score (nSPS) is 20.8. The number of guanidine groups is 1. The maximum Gasteiger partial charge on any atom is 0.409 e. The van der Waals surface area contributed by atoms with Crippen LogP contribution in [0.3, 0.4) is 0 Å². The third-order valence-electron chi connectivity index (χ3n) is 5.17. The molecule has 1 aromatic rings. The molecule has 0 saturated carbocycles. The van der Waals surface area contributed by atoms with Crippen LogP contribution in [0.4, 0.5) is 4.79 Å². The van der Waals surface area contributed by atoms with E-state index >= 15 is 0 Å². The van der Waals surface area contributed by atoms with Crippen LogP contribution in [0.2, 0.25) is 0 Å². The molecule has 156 valence electrons. The molecule has 2 aliphatic rings. The Morgan fingerprint density at radius 2 is 2.14 bits per heavy atom. The molecule has 0 spiro atoms. The number of hydrogen-bond donors (Lipinski definition) is 2. The first-order valence-corrected chi connectivity index (χ1v) is 10.9. The van der Waals surface area contributed by atoms with Gasteiger partial charge in [0, 0.05) is 37.1 Å². The van der Waals surface area contributed by atoms with Gasteiger partial charge in [0.15, 0.2) is 5.96 Å². The fourth-order valence-electron chi connectivity index (χ4n) is 3.62. The van der Waals surface area contributed by atoms with Gasteiger partial charge in [0.25, 0.3) is 0 Å². The predicted octanol–water partition coefficient (Wildman–Crippen LogP) is 1.65. The van der Waals surface area contributed by atoms with E-state index in [-0.39, 0.29) is 18.2 Å². The second kappa shape index (κ2) is 10.6. The van der Waals surface area contributed by atoms with Gasteiger partial charge in [-0.15, -0.1) is 11.3 Å². The number of likely N-dealkylation sites (tertiary alicyclic amines) is 1. The lowest BCUT2D eigenvalue weighted by Gasteiger charge is -2.33. The third-order valence-corrected chi connectivity index (χ3v) is 6.14. The molecule has 9 heteroatoms. The fraction of sp³-hybridized carbons (Fsp3) is 0.684. The van der Waals surface area contributed by atoms with E-state index < -0.39 is 0 Å². The van der Waals surface area contributed by atoms with Crippen molar-refractivity contribution in [2.24, 2.45) is 10.7 Å². The van der Waals surface area contributed by atoms with Gasteiger partial charge in [-0.1, -0.05) is 6.07 Å². The van der Waals surface area contributed by atoms with Crippen molar-refractivity contribution in [2.75, 3.05) is 52.5 Å². The van der Waals surface area contributed by atoms with Crippen LogP contribution in [-0.4, -0.2) is 80.4 Å². The second-order valence-corrected chi connectivity index (χ2v) is 7.99. The van der Waals surface area contributed by atoms with Crippen molar-refractivity contribution < 1.29 is 14.3 Å². The molecule has 0 bridgehead atoms. The lowest BCUT2D eigenvalue weighted by molar-refractivity contribution is 0.0186. The molecule has 3 heterocycles. The third kappa shape index (κ3) is 5.83. The number of amides is 1. The van der Waals surface area contributed by atoms with Crippen LogP contribution in [0.5, 0.6) is 0 Å². The predicted molar refractivity (Wildman–Crippen MR) is 111 cm³/mol. The number of hydrogen-bond acceptors (Lipinski definition) is 6. The summed E-state index contributed by atoms with van der Waals surface area (Å²) in [5.41, 5.74) is 6.17. The van der Waals surface area contributed by atoms with Crippen molar-refractivity contribution in [1.29, 1.82) is 0 Å². The zero-order chi connectivity index (χ0) is 19.8. The van der Waals surface area contributed by atoms with Crippen LogP contribution in [0.25, 0.3) is 0 Å². The van der Waals surface area contributed by atoms with E-state index in [1.165, 1.54) is 4.88 Å². The van der Waals surface area contributed by atoms with Crippen molar-refractivity contribution >= 4 is 23.4 Å². The number of nitrogens with one attached hydrogen (secondary N) is 1. The summed E-state index contributed by atoms with van der Waals surface area (Å²) < 4.78 is 10.5. The molecule has 0 radical (unpaired) electrons. The zero-order valence-corrected chi connectivity index (χ0v) is 17.3. The number of carbonyl (C=O) groups is 1. The first kappa shape index (κ1) is 20.9. The van der Waals surface area contributed by atoms with Crippen molar-refractivity contribution in [1.82, 2.24) is 15.1 Å². The average molecular weight is 410 g/mol. The Balaban J connectivity index is 1.50. The highest BCUT2D eigenvalue weighted by atomic mass is 32.1. The van der Waals surface area contributed by atoms with Gasteiger partial charge >= 0.3 is 6.09 Å². The van der Waals surface area contributed by atoms with Crippen LogP contribution < -0.4 is 11.1 Å². The van der Waals surface area contributed by atoms with Gasteiger partial charge in [-0.25, -0.2) is 4.79 Å². The van der Waals surface area contributed by atoms with Crippen LogP contribution in [0, 0.1) is 0 Å². The minimum absolute atomic E-state index is 0.230. The first-order valence-electron chi connectivity index (χ1n) is 10.0. The minimum atomic E-state index is -0.230.